The molecule has 0 unspecified atom stereocenters. The Balaban J connectivity index is 1.66. The Morgan fingerprint density at radius 2 is 1.53 bits per heavy atom. The fourth-order valence-corrected chi connectivity index (χ4v) is 5.28. The molecular formula is C35H35F3N2O7. The summed E-state index contributed by atoms with van der Waals surface area (Å²) >= 11 is 0. The van der Waals surface area contributed by atoms with E-state index >= 15 is 0 Å². The van der Waals surface area contributed by atoms with E-state index in [9.17, 15) is 27.6 Å². The Kier molecular flexibility index (Phi) is 9.78. The van der Waals surface area contributed by atoms with Crippen LogP contribution in [-0.4, -0.2) is 53.2 Å². The van der Waals surface area contributed by atoms with Crippen LogP contribution in [0.4, 0.5) is 18.0 Å². The van der Waals surface area contributed by atoms with Crippen molar-refractivity contribution in [2.45, 2.75) is 65.3 Å². The zero-order valence-electron chi connectivity index (χ0n) is 26.4. The number of aromatic nitrogens is 1. The SMILES string of the molecule is CCOC(=O)c1c(CC(=O)N(C(=O)OCC)C2CC2)[nH]c2ccc(Oc3ccc(C(F)(F)F)cc3)c(-c3ccc(OC(C)C)cc3)c12. The van der Waals surface area contributed by atoms with Crippen LogP contribution in [0.2, 0.25) is 0 Å². The number of fused-ring (bicyclic) bond motifs is 1. The van der Waals surface area contributed by atoms with Gasteiger partial charge in [0.15, 0.2) is 0 Å². The zero-order valence-corrected chi connectivity index (χ0v) is 26.4. The summed E-state index contributed by atoms with van der Waals surface area (Å²) in [6.45, 7) is 7.24. The summed E-state index contributed by atoms with van der Waals surface area (Å²) in [6, 6.07) is 14.3. The standard InChI is InChI=1S/C35H35F3N2O7/c1-5-44-33(42)32-27(19-29(41)40(23-11-12-23)34(43)45-6-2)39-26-17-18-28(47-25-15-9-22(10-16-25)35(36,37)38)30(31(26)32)21-7-13-24(14-8-21)46-20(3)4/h7-10,13-18,20,23,39H,5-6,11-12,19H2,1-4H3. The molecule has 1 aromatic heterocycles. The van der Waals surface area contributed by atoms with Gasteiger partial charge < -0.3 is 23.9 Å². The molecule has 3 aromatic carbocycles. The van der Waals surface area contributed by atoms with Gasteiger partial charge in [-0.3, -0.25) is 4.79 Å². The van der Waals surface area contributed by atoms with E-state index in [4.69, 9.17) is 18.9 Å². The minimum atomic E-state index is -4.52. The van der Waals surface area contributed by atoms with Gasteiger partial charge in [0.1, 0.15) is 17.2 Å². The van der Waals surface area contributed by atoms with Crippen LogP contribution in [0.3, 0.4) is 0 Å². The number of H-pyrrole nitrogens is 1. The maximum Gasteiger partial charge on any atom is 0.416 e. The maximum atomic E-state index is 13.6. The van der Waals surface area contributed by atoms with Gasteiger partial charge in [-0.2, -0.15) is 13.2 Å². The zero-order chi connectivity index (χ0) is 33.9. The molecule has 0 atom stereocenters. The Morgan fingerprint density at radius 1 is 0.894 bits per heavy atom. The van der Waals surface area contributed by atoms with Crippen molar-refractivity contribution in [1.29, 1.82) is 0 Å². The second-order valence-electron chi connectivity index (χ2n) is 11.2. The number of aromatic amines is 1. The first kappa shape index (κ1) is 33.4. The van der Waals surface area contributed by atoms with Crippen LogP contribution < -0.4 is 9.47 Å². The van der Waals surface area contributed by atoms with Crippen molar-refractivity contribution in [2.75, 3.05) is 13.2 Å². The number of ether oxygens (including phenoxy) is 4. The first-order chi connectivity index (χ1) is 22.4. The van der Waals surface area contributed by atoms with Gasteiger partial charge in [-0.25, -0.2) is 14.5 Å². The summed E-state index contributed by atoms with van der Waals surface area (Å²) < 4.78 is 62.2. The van der Waals surface area contributed by atoms with E-state index in [0.717, 1.165) is 17.0 Å². The molecule has 1 saturated carbocycles. The number of benzene rings is 3. The lowest BCUT2D eigenvalue weighted by molar-refractivity contribution is -0.137. The van der Waals surface area contributed by atoms with Crippen molar-refractivity contribution in [2.24, 2.45) is 0 Å². The summed E-state index contributed by atoms with van der Waals surface area (Å²) in [5.74, 6) is -0.268. The molecule has 1 aliphatic carbocycles. The van der Waals surface area contributed by atoms with Crippen molar-refractivity contribution < 1.29 is 46.5 Å². The number of imide groups is 1. The number of rotatable bonds is 11. The predicted octanol–water partition coefficient (Wildman–Crippen LogP) is 8.30. The minimum Gasteiger partial charge on any atom is -0.491 e. The van der Waals surface area contributed by atoms with Crippen LogP contribution in [0.1, 0.15) is 62.2 Å². The van der Waals surface area contributed by atoms with Crippen LogP contribution >= 0.6 is 0 Å². The molecule has 0 bridgehead atoms. The minimum absolute atomic E-state index is 0.0498. The van der Waals surface area contributed by atoms with Gasteiger partial charge in [-0.05, 0) is 94.6 Å². The fourth-order valence-electron chi connectivity index (χ4n) is 5.28. The van der Waals surface area contributed by atoms with E-state index in [1.807, 2.05) is 13.8 Å². The van der Waals surface area contributed by atoms with Crippen molar-refractivity contribution in [3.05, 3.63) is 77.5 Å². The summed E-state index contributed by atoms with van der Waals surface area (Å²) in [5.41, 5.74) is 0.982. The van der Waals surface area contributed by atoms with E-state index in [1.165, 1.54) is 12.1 Å². The van der Waals surface area contributed by atoms with E-state index in [-0.39, 0.29) is 54.5 Å². The van der Waals surface area contributed by atoms with Gasteiger partial charge in [0, 0.05) is 28.2 Å². The normalized spacial score (nSPS) is 13.0. The van der Waals surface area contributed by atoms with Gasteiger partial charge in [0.2, 0.25) is 5.91 Å². The number of halogens is 3. The fraction of sp³-hybridized carbons (Fsp3) is 0.343. The second kappa shape index (κ2) is 13.8. The Hall–Kier alpha value is -5.00. The van der Waals surface area contributed by atoms with E-state index in [2.05, 4.69) is 4.98 Å². The van der Waals surface area contributed by atoms with Crippen LogP contribution in [0.5, 0.6) is 17.2 Å². The second-order valence-corrected chi connectivity index (χ2v) is 11.2. The van der Waals surface area contributed by atoms with Gasteiger partial charge in [0.25, 0.3) is 0 Å². The first-order valence-corrected chi connectivity index (χ1v) is 15.4. The molecular weight excluding hydrogens is 617 g/mol. The van der Waals surface area contributed by atoms with Gasteiger partial charge in [-0.1, -0.05) is 12.1 Å². The highest BCUT2D eigenvalue weighted by Gasteiger charge is 2.39. The molecule has 0 radical (unpaired) electrons. The molecule has 1 N–H and O–H groups in total. The number of alkyl halides is 3. The monoisotopic (exact) mass is 652 g/mol. The van der Waals surface area contributed by atoms with Crippen LogP contribution in [0.15, 0.2) is 60.7 Å². The molecule has 0 aliphatic heterocycles. The third kappa shape index (κ3) is 7.53. The molecule has 9 nitrogen and oxygen atoms in total. The van der Waals surface area contributed by atoms with Crippen LogP contribution in [0.25, 0.3) is 22.0 Å². The van der Waals surface area contributed by atoms with E-state index in [0.29, 0.717) is 40.6 Å². The Labute approximate surface area is 269 Å². The lowest BCUT2D eigenvalue weighted by Crippen LogP contribution is -2.40. The highest BCUT2D eigenvalue weighted by Crippen LogP contribution is 2.43. The van der Waals surface area contributed by atoms with Crippen molar-refractivity contribution >= 4 is 28.9 Å². The predicted molar refractivity (Wildman–Crippen MR) is 168 cm³/mol. The largest absolute Gasteiger partial charge is 0.491 e. The highest BCUT2D eigenvalue weighted by molar-refractivity contribution is 6.13. The number of nitrogens with zero attached hydrogens (tertiary/aromatic N) is 1. The number of nitrogens with one attached hydrogen (secondary N) is 1. The van der Waals surface area contributed by atoms with Gasteiger partial charge in [-0.15, -0.1) is 0 Å². The summed E-state index contributed by atoms with van der Waals surface area (Å²) in [5, 5.41) is 0.377. The van der Waals surface area contributed by atoms with Crippen molar-refractivity contribution in [1.82, 2.24) is 9.88 Å². The average Bonchev–Trinajstić information content (AvgIpc) is 3.77. The van der Waals surface area contributed by atoms with E-state index in [1.54, 1.807) is 50.2 Å². The topological polar surface area (TPSA) is 107 Å². The van der Waals surface area contributed by atoms with Crippen molar-refractivity contribution in [3.8, 4) is 28.4 Å². The van der Waals surface area contributed by atoms with Crippen molar-refractivity contribution in [3.63, 3.8) is 0 Å². The van der Waals surface area contributed by atoms with E-state index < -0.39 is 29.7 Å². The molecule has 0 spiro atoms. The van der Waals surface area contributed by atoms with Gasteiger partial charge in [0.05, 0.1) is 36.9 Å². The number of hydrogen-bond donors (Lipinski definition) is 1. The molecule has 0 saturated heterocycles. The quantitative estimate of drug-likeness (QED) is 0.163. The summed E-state index contributed by atoms with van der Waals surface area (Å²) in [4.78, 5) is 44.1. The molecule has 12 heteroatoms. The number of hydrogen-bond acceptors (Lipinski definition) is 7. The third-order valence-corrected chi connectivity index (χ3v) is 7.38. The van der Waals surface area contributed by atoms with Crippen LogP contribution in [-0.2, 0) is 26.9 Å². The molecule has 5 rings (SSSR count). The maximum absolute atomic E-state index is 13.6. The lowest BCUT2D eigenvalue weighted by atomic mass is 9.96. The number of carbonyl (C=O) groups excluding carboxylic acids is 3. The van der Waals surface area contributed by atoms with Crippen LogP contribution in [0, 0.1) is 0 Å². The first-order valence-electron chi connectivity index (χ1n) is 15.4. The highest BCUT2D eigenvalue weighted by atomic mass is 19.4. The lowest BCUT2D eigenvalue weighted by Gasteiger charge is -2.19. The number of esters is 1. The molecule has 248 valence electrons. The van der Waals surface area contributed by atoms with Gasteiger partial charge >= 0.3 is 18.2 Å². The molecule has 47 heavy (non-hydrogen) atoms. The molecule has 1 fully saturated rings. The summed E-state index contributed by atoms with van der Waals surface area (Å²) in [6.07, 6.45) is -4.34. The molecule has 4 aromatic rings. The molecule has 2 amide bonds. The number of carbonyl (C=O) groups is 3. The smallest absolute Gasteiger partial charge is 0.416 e. The number of amides is 2. The Morgan fingerprint density at radius 3 is 2.11 bits per heavy atom. The summed E-state index contributed by atoms with van der Waals surface area (Å²) in [7, 11) is 0. The molecule has 1 aliphatic rings. The Bertz CT molecular complexity index is 1760. The third-order valence-electron chi connectivity index (χ3n) is 7.38. The molecule has 1 heterocycles. The average molecular weight is 653 g/mol.